The highest BCUT2D eigenvalue weighted by molar-refractivity contribution is 7.59. The molecule has 2 bridgehead atoms. The van der Waals surface area contributed by atoms with E-state index in [4.69, 9.17) is 0 Å². The Balaban J connectivity index is 0.00000420. The van der Waals surface area contributed by atoms with Crippen molar-refractivity contribution in [2.24, 2.45) is 11.8 Å². The predicted octanol–water partition coefficient (Wildman–Crippen LogP) is 3.17. The van der Waals surface area contributed by atoms with Crippen LogP contribution >= 0.6 is 27.0 Å². The lowest BCUT2D eigenvalue weighted by Crippen LogP contribution is -2.61. The molecule has 2 heterocycles. The number of ketones is 2. The Hall–Kier alpha value is -0.340. The zero-order valence-electron chi connectivity index (χ0n) is 19.8. The summed E-state index contributed by atoms with van der Waals surface area (Å²) in [4.78, 5) is 28.7. The Kier molecular flexibility index (Phi) is 12.5. The van der Waals surface area contributed by atoms with E-state index in [0.717, 1.165) is 38.8 Å². The summed E-state index contributed by atoms with van der Waals surface area (Å²) in [5.74, 6) is 0.850. The second-order valence-electron chi connectivity index (χ2n) is 9.79. The Morgan fingerprint density at radius 2 is 1.90 bits per heavy atom. The number of nitrogens with zero attached hydrogens (tertiary/aromatic N) is 1. The topological polar surface area (TPSA) is 61.4 Å². The lowest BCUT2D eigenvalue weighted by Gasteiger charge is -2.35. The molecule has 0 spiro atoms. The minimum Gasteiger partial charge on any atom is -0.303 e. The summed E-state index contributed by atoms with van der Waals surface area (Å²) in [5.41, 5.74) is -1.17. The Morgan fingerprint density at radius 1 is 1.23 bits per heavy atom. The van der Waals surface area contributed by atoms with Crippen LogP contribution < -0.4 is 10.6 Å². The van der Waals surface area contributed by atoms with Crippen LogP contribution in [0.5, 0.6) is 0 Å². The van der Waals surface area contributed by atoms with Gasteiger partial charge >= 0.3 is 0 Å². The highest BCUT2D eigenvalue weighted by atomic mass is 32.1. The highest BCUT2D eigenvalue weighted by Crippen LogP contribution is 2.27. The standard InChI is InChI=1S/C23H41N3O2.2H2S/c1-17(2)21(28)23-12-14-26(16-23)13-8-10-19(5)9-7-11-22(6,25-18(3)4)20(27)15-24-23;;/h8,10,17-19,24-25H,7,9,11-16H2,1-6H3;2*1H2/t19?,22-,23-;;/m0../s1. The first-order chi connectivity index (χ1) is 13.1. The van der Waals surface area contributed by atoms with E-state index in [0.29, 0.717) is 12.5 Å². The van der Waals surface area contributed by atoms with Crippen LogP contribution in [0.2, 0.25) is 0 Å². The summed E-state index contributed by atoms with van der Waals surface area (Å²) in [5, 5.41) is 6.95. The molecule has 0 aliphatic carbocycles. The molecule has 2 rings (SSSR count). The Bertz CT molecular complexity index is 597. The molecule has 1 saturated heterocycles. The maximum absolute atomic E-state index is 13.3. The SMILES string of the molecule is CC1C=CCN2CC[C@@](C(=O)C(C)C)(C2)NCC(=O)[C@@](C)(NC(C)C)CCC1.S.S. The maximum atomic E-state index is 13.3. The molecule has 0 aromatic rings. The Labute approximate surface area is 198 Å². The lowest BCUT2D eigenvalue weighted by atomic mass is 9.84. The smallest absolute Gasteiger partial charge is 0.166 e. The number of nitrogens with one attached hydrogen (secondary N) is 2. The molecule has 4 atom stereocenters. The number of hydrogen-bond acceptors (Lipinski definition) is 5. The first-order valence-electron chi connectivity index (χ1n) is 11.1. The second-order valence-corrected chi connectivity index (χ2v) is 9.79. The number of allylic oxidation sites excluding steroid dienone is 1. The van der Waals surface area contributed by atoms with E-state index in [2.05, 4.69) is 48.5 Å². The molecule has 2 aliphatic rings. The normalized spacial score (nSPS) is 33.0. The van der Waals surface area contributed by atoms with E-state index >= 15 is 0 Å². The fraction of sp³-hybridized carbons (Fsp3) is 0.826. The molecule has 2 N–H and O–H groups in total. The van der Waals surface area contributed by atoms with Crippen molar-refractivity contribution in [3.63, 3.8) is 0 Å². The van der Waals surface area contributed by atoms with E-state index in [1.165, 1.54) is 0 Å². The van der Waals surface area contributed by atoms with Crippen LogP contribution in [0.4, 0.5) is 0 Å². The molecule has 0 amide bonds. The molecule has 176 valence electrons. The van der Waals surface area contributed by atoms with Gasteiger partial charge in [0.15, 0.2) is 11.6 Å². The molecule has 2 aliphatic heterocycles. The van der Waals surface area contributed by atoms with E-state index < -0.39 is 11.1 Å². The minimum absolute atomic E-state index is 0. The molecular formula is C23H45N3O2S2. The van der Waals surface area contributed by atoms with Gasteiger partial charge in [-0.2, -0.15) is 27.0 Å². The second kappa shape index (κ2) is 12.6. The van der Waals surface area contributed by atoms with Crippen molar-refractivity contribution >= 4 is 38.6 Å². The van der Waals surface area contributed by atoms with Gasteiger partial charge in [0.05, 0.1) is 17.6 Å². The van der Waals surface area contributed by atoms with Crippen LogP contribution in [-0.2, 0) is 9.59 Å². The number of rotatable bonds is 4. The summed E-state index contributed by atoms with van der Waals surface area (Å²) in [6.45, 7) is 15.1. The highest BCUT2D eigenvalue weighted by Gasteiger charge is 2.45. The summed E-state index contributed by atoms with van der Waals surface area (Å²) < 4.78 is 0. The van der Waals surface area contributed by atoms with Crippen LogP contribution in [0.1, 0.15) is 67.2 Å². The average molecular weight is 460 g/mol. The zero-order chi connectivity index (χ0) is 20.9. The van der Waals surface area contributed by atoms with Crippen LogP contribution in [-0.4, -0.2) is 59.8 Å². The molecule has 0 saturated carbocycles. The summed E-state index contributed by atoms with van der Waals surface area (Å²) in [7, 11) is 0. The summed E-state index contributed by atoms with van der Waals surface area (Å²) in [6, 6.07) is 0.235. The molecule has 2 unspecified atom stereocenters. The van der Waals surface area contributed by atoms with E-state index in [-0.39, 0.29) is 57.1 Å². The predicted molar refractivity (Wildman–Crippen MR) is 136 cm³/mol. The third-order valence-electron chi connectivity index (χ3n) is 6.32. The van der Waals surface area contributed by atoms with Crippen LogP contribution in [0.3, 0.4) is 0 Å². The van der Waals surface area contributed by atoms with Gasteiger partial charge in [-0.1, -0.05) is 39.3 Å². The van der Waals surface area contributed by atoms with Crippen molar-refractivity contribution in [2.75, 3.05) is 26.2 Å². The van der Waals surface area contributed by atoms with E-state index in [1.54, 1.807) is 0 Å². The molecule has 0 aromatic heterocycles. The molecule has 0 radical (unpaired) electrons. The van der Waals surface area contributed by atoms with Crippen molar-refractivity contribution in [1.82, 2.24) is 15.5 Å². The number of fused-ring (bicyclic) bond motifs is 2. The monoisotopic (exact) mass is 459 g/mol. The first kappa shape index (κ1) is 29.7. The Morgan fingerprint density at radius 3 is 2.50 bits per heavy atom. The number of hydrogen-bond donors (Lipinski definition) is 2. The molecule has 0 aromatic carbocycles. The molecule has 5 nitrogen and oxygen atoms in total. The van der Waals surface area contributed by atoms with Gasteiger partial charge in [-0.3, -0.25) is 19.8 Å². The summed E-state index contributed by atoms with van der Waals surface area (Å²) in [6.07, 6.45) is 8.23. The molecule has 30 heavy (non-hydrogen) atoms. The van der Waals surface area contributed by atoms with Crippen LogP contribution in [0.15, 0.2) is 12.2 Å². The fourth-order valence-electron chi connectivity index (χ4n) is 4.72. The van der Waals surface area contributed by atoms with Gasteiger partial charge < -0.3 is 5.32 Å². The van der Waals surface area contributed by atoms with Gasteiger partial charge in [0, 0.05) is 31.6 Å². The fourth-order valence-corrected chi connectivity index (χ4v) is 4.72. The molecular weight excluding hydrogens is 414 g/mol. The van der Waals surface area contributed by atoms with Crippen molar-refractivity contribution in [3.8, 4) is 0 Å². The first-order valence-corrected chi connectivity index (χ1v) is 11.1. The minimum atomic E-state index is -0.605. The average Bonchev–Trinajstić information content (AvgIpc) is 3.02. The third kappa shape index (κ3) is 7.66. The van der Waals surface area contributed by atoms with Crippen LogP contribution in [0.25, 0.3) is 0 Å². The molecule has 1 fully saturated rings. The number of Topliss-reactive ketones (excluding diaryl/α,β-unsaturated/α-hetero) is 2. The summed E-state index contributed by atoms with van der Waals surface area (Å²) >= 11 is 0. The van der Waals surface area contributed by atoms with Crippen molar-refractivity contribution in [3.05, 3.63) is 12.2 Å². The van der Waals surface area contributed by atoms with Crippen LogP contribution in [0, 0.1) is 11.8 Å². The molecule has 7 heteroatoms. The van der Waals surface area contributed by atoms with Gasteiger partial charge in [0.25, 0.3) is 0 Å². The van der Waals surface area contributed by atoms with Gasteiger partial charge in [-0.25, -0.2) is 0 Å². The van der Waals surface area contributed by atoms with Gasteiger partial charge in [-0.15, -0.1) is 0 Å². The lowest BCUT2D eigenvalue weighted by molar-refractivity contribution is -0.129. The van der Waals surface area contributed by atoms with Gasteiger partial charge in [0.1, 0.15) is 0 Å². The quantitative estimate of drug-likeness (QED) is 0.632. The van der Waals surface area contributed by atoms with Crippen molar-refractivity contribution < 1.29 is 9.59 Å². The maximum Gasteiger partial charge on any atom is 0.166 e. The largest absolute Gasteiger partial charge is 0.303 e. The van der Waals surface area contributed by atoms with E-state index in [9.17, 15) is 9.59 Å². The number of carbonyl (C=O) groups excluding carboxylic acids is 2. The van der Waals surface area contributed by atoms with Crippen molar-refractivity contribution in [1.29, 1.82) is 0 Å². The number of carbonyl (C=O) groups is 2. The van der Waals surface area contributed by atoms with E-state index in [1.807, 2.05) is 20.8 Å². The van der Waals surface area contributed by atoms with Gasteiger partial charge in [-0.05, 0) is 46.0 Å². The van der Waals surface area contributed by atoms with Gasteiger partial charge in [0.2, 0.25) is 0 Å². The van der Waals surface area contributed by atoms with Crippen molar-refractivity contribution in [2.45, 2.75) is 84.3 Å². The third-order valence-corrected chi connectivity index (χ3v) is 6.32. The zero-order valence-corrected chi connectivity index (χ0v) is 21.8.